The first-order valence-electron chi connectivity index (χ1n) is 51.2. The lowest BCUT2D eigenvalue weighted by molar-refractivity contribution is 1.18. The molecule has 0 aliphatic carbocycles. The maximum Gasteiger partial charge on any atom is 0.0963 e. The molecule has 0 saturated carbocycles. The van der Waals surface area contributed by atoms with Crippen molar-refractivity contribution in [2.24, 2.45) is 0 Å². The summed E-state index contributed by atoms with van der Waals surface area (Å²) >= 11 is 0. The molecule has 0 aliphatic heterocycles. The Balaban J connectivity index is 0.000000108. The summed E-state index contributed by atoms with van der Waals surface area (Å²) in [6, 6.07) is 196. The van der Waals surface area contributed by atoms with E-state index >= 15 is 0 Å². The third-order valence-corrected chi connectivity index (χ3v) is 29.9. The van der Waals surface area contributed by atoms with Crippen molar-refractivity contribution >= 4 is 131 Å². The molecule has 9 nitrogen and oxygen atoms in total. The van der Waals surface area contributed by atoms with Crippen molar-refractivity contribution < 1.29 is 0 Å². The first-order valence-corrected chi connectivity index (χ1v) is 51.2. The average Bonchev–Trinajstić information content (AvgIpc) is 1.58. The Kier molecular flexibility index (Phi) is 21.8. The van der Waals surface area contributed by atoms with E-state index < -0.39 is 0 Å². The fourth-order valence-corrected chi connectivity index (χ4v) is 23.1. The Morgan fingerprint density at radius 1 is 0.113 bits per heavy atom. The second-order valence-electron chi connectivity index (χ2n) is 38.5. The van der Waals surface area contributed by atoms with Crippen molar-refractivity contribution in [3.8, 4) is 134 Å². The summed E-state index contributed by atoms with van der Waals surface area (Å²) in [6.45, 7) is 0. The van der Waals surface area contributed by atoms with Gasteiger partial charge in [0.2, 0.25) is 0 Å². The number of hydrogen-bond donors (Lipinski definition) is 0. The third-order valence-electron chi connectivity index (χ3n) is 29.9. The van der Waals surface area contributed by atoms with Crippen LogP contribution in [0.4, 0.5) is 0 Å². The van der Waals surface area contributed by atoms with Gasteiger partial charge < -0.3 is 27.4 Å². The molecular weight excluding hydrogens is 1820 g/mol. The summed E-state index contributed by atoms with van der Waals surface area (Å²) in [5.41, 5.74) is 45.3. The van der Waals surface area contributed by atoms with Gasteiger partial charge in [0.1, 0.15) is 0 Å². The molecule has 9 heterocycles. The quantitative estimate of drug-likeness (QED) is 0.103. The predicted molar refractivity (Wildman–Crippen MR) is 628 cm³/mol. The molecule has 702 valence electrons. The number of benzene rings is 21. The van der Waals surface area contributed by atoms with Gasteiger partial charge in [0, 0.05) is 101 Å². The van der Waals surface area contributed by atoms with Crippen LogP contribution in [0.3, 0.4) is 0 Å². The highest BCUT2D eigenvalue weighted by Gasteiger charge is 2.26. The van der Waals surface area contributed by atoms with Crippen molar-refractivity contribution in [3.05, 3.63) is 565 Å². The van der Waals surface area contributed by atoms with Crippen LogP contribution in [0, 0.1) is 0 Å². The van der Waals surface area contributed by atoms with Gasteiger partial charge in [0.25, 0.3) is 0 Å². The Bertz CT molecular complexity index is 10400. The summed E-state index contributed by atoms with van der Waals surface area (Å²) in [6.07, 6.45) is 5.70. The molecule has 30 rings (SSSR count). The van der Waals surface area contributed by atoms with E-state index in [1.807, 2.05) is 36.8 Å². The predicted octanol–water partition coefficient (Wildman–Crippen LogP) is 36.8. The standard InChI is InChI=1S/3C47H31N3/c1-3-13-32(14-4-1)34-17-9-19-37(29-34)49-42-23-8-7-21-40(42)46-39(22-11-24-44(46)49)36-26-27-43-41(31-36)47-45(25-12-28-48-47)50(43)38-20-10-18-35(30-38)33-15-5-2-6-16-33;1-3-12-32(13-4-1)34-23-26-37(27-24-34)49-43-28-25-36(31-41(43)47-45(49)22-11-29-48-47)39-19-10-21-44-46(39)40-18-7-8-20-42(40)50(44)38-17-9-16-35(30-38)33-14-5-2-6-15-33;1-3-11-32(12-4-1)34-20-25-37(26-21-34)49-42-17-8-7-15-40(42)46-39(16-9-18-44(46)49)36-24-29-43-41(31-36)47-45(19-10-30-48-47)50(43)38-27-22-35(23-28-38)33-13-5-2-6-14-33/h3*1-31H. The molecule has 0 aliphatic rings. The molecule has 0 radical (unpaired) electrons. The van der Waals surface area contributed by atoms with Gasteiger partial charge in [-0.25, -0.2) is 0 Å². The van der Waals surface area contributed by atoms with Crippen LogP contribution in [0.15, 0.2) is 565 Å². The molecule has 0 N–H and O–H groups in total. The largest absolute Gasteiger partial charge is 0.309 e. The highest BCUT2D eigenvalue weighted by molar-refractivity contribution is 6.21. The number of fused-ring (bicyclic) bond motifs is 18. The number of hydrogen-bond acceptors (Lipinski definition) is 3. The van der Waals surface area contributed by atoms with E-state index in [1.165, 1.54) is 166 Å². The summed E-state index contributed by atoms with van der Waals surface area (Å²) in [7, 11) is 0. The van der Waals surface area contributed by atoms with E-state index in [-0.39, 0.29) is 0 Å². The van der Waals surface area contributed by atoms with Crippen LogP contribution in [0.5, 0.6) is 0 Å². The van der Waals surface area contributed by atoms with E-state index in [0.29, 0.717) is 0 Å². The van der Waals surface area contributed by atoms with Crippen LogP contribution in [0.25, 0.3) is 265 Å². The van der Waals surface area contributed by atoms with Gasteiger partial charge in [0.05, 0.1) is 82.8 Å². The van der Waals surface area contributed by atoms with Gasteiger partial charge in [-0.2, -0.15) is 0 Å². The SMILES string of the molecule is c1ccc(-c2ccc(-n3c4ccc(-c5cccc6c5c5ccccc5n6-c5ccc(-c6ccccc6)cc5)cc4c4ncccc43)cc2)cc1.c1ccc(-c2ccc(-n3c4ccc(-c5cccc6c5c5ccccc5n6-c5cccc(-c6ccccc6)c5)cc4c4ncccc43)cc2)cc1.c1ccc(-c2cccc(-n3c4ccc(-c5cccc6c5c5ccccc5n6-c5cccc(-c6ccccc6)c5)cc4c4ncccc43)c2)cc1. The van der Waals surface area contributed by atoms with Gasteiger partial charge in [-0.05, 0) is 282 Å². The molecule has 0 unspecified atom stereocenters. The van der Waals surface area contributed by atoms with Crippen molar-refractivity contribution in [2.75, 3.05) is 0 Å². The zero-order chi connectivity index (χ0) is 99.1. The van der Waals surface area contributed by atoms with Crippen LogP contribution in [0.1, 0.15) is 0 Å². The van der Waals surface area contributed by atoms with E-state index in [9.17, 15) is 0 Å². The second-order valence-corrected chi connectivity index (χ2v) is 38.5. The van der Waals surface area contributed by atoms with Gasteiger partial charge >= 0.3 is 0 Å². The van der Waals surface area contributed by atoms with Crippen molar-refractivity contribution in [2.45, 2.75) is 0 Å². The smallest absolute Gasteiger partial charge is 0.0963 e. The summed E-state index contributed by atoms with van der Waals surface area (Å²) in [5.74, 6) is 0. The Hall–Kier alpha value is -20.1. The maximum atomic E-state index is 4.94. The zero-order valence-electron chi connectivity index (χ0n) is 81.7. The fourth-order valence-electron chi connectivity index (χ4n) is 23.1. The lowest BCUT2D eigenvalue weighted by Crippen LogP contribution is -1.94. The van der Waals surface area contributed by atoms with Crippen LogP contribution in [-0.2, 0) is 0 Å². The lowest BCUT2D eigenvalue weighted by Gasteiger charge is -2.11. The Morgan fingerprint density at radius 2 is 0.313 bits per heavy atom. The van der Waals surface area contributed by atoms with Crippen LogP contribution >= 0.6 is 0 Å². The van der Waals surface area contributed by atoms with Gasteiger partial charge in [0.15, 0.2) is 0 Å². The monoisotopic (exact) mass is 1910 g/mol. The van der Waals surface area contributed by atoms with E-state index in [4.69, 9.17) is 15.0 Å². The summed E-state index contributed by atoms with van der Waals surface area (Å²) < 4.78 is 14.2. The average molecular weight is 1910 g/mol. The molecule has 9 heteroatoms. The molecule has 9 aromatic heterocycles. The molecular formula is C141H93N9. The molecule has 0 spiro atoms. The highest BCUT2D eigenvalue weighted by Crippen LogP contribution is 2.48. The van der Waals surface area contributed by atoms with Gasteiger partial charge in [-0.15, -0.1) is 0 Å². The Morgan fingerprint density at radius 3 is 0.600 bits per heavy atom. The van der Waals surface area contributed by atoms with E-state index in [2.05, 4.69) is 555 Å². The summed E-state index contributed by atoms with van der Waals surface area (Å²) in [4.78, 5) is 14.8. The van der Waals surface area contributed by atoms with Crippen LogP contribution in [-0.4, -0.2) is 42.4 Å². The molecule has 150 heavy (non-hydrogen) atoms. The van der Waals surface area contributed by atoms with Gasteiger partial charge in [-0.1, -0.05) is 364 Å². The molecule has 0 atom stereocenters. The number of para-hydroxylation sites is 3. The second kappa shape index (κ2) is 37.2. The molecule has 0 bridgehead atoms. The summed E-state index contributed by atoms with van der Waals surface area (Å²) in [5, 5.41) is 10.9. The van der Waals surface area contributed by atoms with Crippen molar-refractivity contribution in [3.63, 3.8) is 0 Å². The van der Waals surface area contributed by atoms with Gasteiger partial charge in [-0.3, -0.25) is 15.0 Å². The minimum Gasteiger partial charge on any atom is -0.309 e. The molecule has 21 aromatic carbocycles. The van der Waals surface area contributed by atoms with Crippen LogP contribution < -0.4 is 0 Å². The first kappa shape index (κ1) is 87.6. The molecule has 0 amide bonds. The number of rotatable bonds is 15. The number of pyridine rings is 3. The topological polar surface area (TPSA) is 68.2 Å². The molecule has 0 fully saturated rings. The minimum absolute atomic E-state index is 1.00. The van der Waals surface area contributed by atoms with Crippen molar-refractivity contribution in [1.82, 2.24) is 42.4 Å². The maximum absolute atomic E-state index is 4.94. The zero-order valence-corrected chi connectivity index (χ0v) is 81.7. The van der Waals surface area contributed by atoms with E-state index in [0.717, 1.165) is 99.9 Å². The van der Waals surface area contributed by atoms with Crippen molar-refractivity contribution in [1.29, 1.82) is 0 Å². The Labute approximate surface area is 866 Å². The first-order chi connectivity index (χ1) is 74.4. The number of nitrogens with zero attached hydrogens (tertiary/aromatic N) is 9. The third kappa shape index (κ3) is 15.3. The molecule has 30 aromatic rings. The number of aromatic nitrogens is 9. The van der Waals surface area contributed by atoms with Crippen LogP contribution in [0.2, 0.25) is 0 Å². The fraction of sp³-hybridized carbons (Fsp3) is 0. The minimum atomic E-state index is 1.00. The molecule has 0 saturated heterocycles. The lowest BCUT2D eigenvalue weighted by atomic mass is 9.98. The van der Waals surface area contributed by atoms with E-state index in [1.54, 1.807) is 0 Å². The normalized spacial score (nSPS) is 11.6. The highest BCUT2D eigenvalue weighted by atomic mass is 15.0.